The largest absolute Gasteiger partial charge is 0.315 e. The molecule has 1 nitrogen and oxygen atoms in total. The van der Waals surface area contributed by atoms with E-state index in [2.05, 4.69) is 54.0 Å². The summed E-state index contributed by atoms with van der Waals surface area (Å²) in [6, 6.07) is 13.4. The summed E-state index contributed by atoms with van der Waals surface area (Å²) < 4.78 is 0. The van der Waals surface area contributed by atoms with E-state index < -0.39 is 0 Å². The van der Waals surface area contributed by atoms with E-state index in [4.69, 9.17) is 0 Å². The summed E-state index contributed by atoms with van der Waals surface area (Å²) in [5, 5.41) is 5.63. The second kappa shape index (κ2) is 4.87. The molecule has 1 aromatic carbocycles. The molecule has 94 valence electrons. The third-order valence-corrected chi connectivity index (χ3v) is 4.92. The molecule has 0 saturated carbocycles. The first-order chi connectivity index (χ1) is 8.78. The van der Waals surface area contributed by atoms with Crippen LogP contribution in [-0.4, -0.2) is 13.1 Å². The summed E-state index contributed by atoms with van der Waals surface area (Å²) in [5.74, 6) is 0. The van der Waals surface area contributed by atoms with Crippen molar-refractivity contribution in [2.24, 2.45) is 0 Å². The van der Waals surface area contributed by atoms with Gasteiger partial charge in [0.15, 0.2) is 0 Å². The van der Waals surface area contributed by atoms with Gasteiger partial charge in [-0.2, -0.15) is 0 Å². The summed E-state index contributed by atoms with van der Waals surface area (Å²) in [5.41, 5.74) is 3.25. The predicted octanol–water partition coefficient (Wildman–Crippen LogP) is 3.53. The summed E-state index contributed by atoms with van der Waals surface area (Å²) in [6.07, 6.45) is 2.46. The zero-order valence-electron chi connectivity index (χ0n) is 10.8. The highest BCUT2D eigenvalue weighted by Crippen LogP contribution is 2.34. The van der Waals surface area contributed by atoms with Crippen LogP contribution in [-0.2, 0) is 11.8 Å². The summed E-state index contributed by atoms with van der Waals surface area (Å²) in [6.45, 7) is 4.44. The third-order valence-electron chi connectivity index (χ3n) is 3.99. The molecule has 1 aliphatic heterocycles. The number of hydrogen-bond acceptors (Lipinski definition) is 2. The van der Waals surface area contributed by atoms with Crippen LogP contribution in [0, 0.1) is 6.92 Å². The molecule has 1 fully saturated rings. The molecular formula is C16H19NS. The second-order valence-electron chi connectivity index (χ2n) is 5.33. The lowest BCUT2D eigenvalue weighted by atomic mass is 9.71. The van der Waals surface area contributed by atoms with Crippen molar-refractivity contribution >= 4 is 11.3 Å². The zero-order valence-corrected chi connectivity index (χ0v) is 11.6. The first kappa shape index (κ1) is 11.9. The van der Waals surface area contributed by atoms with Crippen LogP contribution in [0.15, 0.2) is 41.8 Å². The molecule has 18 heavy (non-hydrogen) atoms. The van der Waals surface area contributed by atoms with Gasteiger partial charge in [-0.1, -0.05) is 35.9 Å². The lowest BCUT2D eigenvalue weighted by Gasteiger charge is -2.43. The van der Waals surface area contributed by atoms with Crippen LogP contribution in [0.5, 0.6) is 0 Å². The molecule has 0 atom stereocenters. The monoisotopic (exact) mass is 257 g/mol. The Morgan fingerprint density at radius 2 is 2.11 bits per heavy atom. The molecule has 2 heterocycles. The maximum absolute atomic E-state index is 3.45. The third kappa shape index (κ3) is 2.23. The maximum Gasteiger partial charge on any atom is 0.0206 e. The average Bonchev–Trinajstić information content (AvgIpc) is 2.81. The van der Waals surface area contributed by atoms with Crippen LogP contribution >= 0.6 is 11.3 Å². The Morgan fingerprint density at radius 3 is 2.72 bits per heavy atom. The number of nitrogens with one attached hydrogen (secondary N) is 1. The Labute approximate surface area is 113 Å². The number of aryl methyl sites for hydroxylation is 2. The number of thiophene rings is 1. The van der Waals surface area contributed by atoms with Gasteiger partial charge in [0.05, 0.1) is 0 Å². The SMILES string of the molecule is Cc1cccc(C2(CCc3cccs3)CNC2)c1. The Bertz CT molecular complexity index is 512. The smallest absolute Gasteiger partial charge is 0.0206 e. The summed E-state index contributed by atoms with van der Waals surface area (Å²) >= 11 is 1.88. The van der Waals surface area contributed by atoms with Crippen molar-refractivity contribution in [1.29, 1.82) is 0 Å². The van der Waals surface area contributed by atoms with Crippen molar-refractivity contribution in [2.45, 2.75) is 25.2 Å². The van der Waals surface area contributed by atoms with Gasteiger partial charge in [-0.05, 0) is 36.8 Å². The first-order valence-electron chi connectivity index (χ1n) is 6.59. The van der Waals surface area contributed by atoms with E-state index >= 15 is 0 Å². The van der Waals surface area contributed by atoms with Gasteiger partial charge in [0.2, 0.25) is 0 Å². The van der Waals surface area contributed by atoms with Crippen LogP contribution in [0.3, 0.4) is 0 Å². The van der Waals surface area contributed by atoms with Crippen LogP contribution in [0.25, 0.3) is 0 Å². The zero-order chi connectivity index (χ0) is 12.4. The Hall–Kier alpha value is -1.12. The molecule has 0 radical (unpaired) electrons. The topological polar surface area (TPSA) is 12.0 Å². The van der Waals surface area contributed by atoms with E-state index in [0.717, 1.165) is 13.1 Å². The molecule has 0 unspecified atom stereocenters. The molecule has 1 aromatic heterocycles. The highest BCUT2D eigenvalue weighted by atomic mass is 32.1. The molecule has 1 saturated heterocycles. The summed E-state index contributed by atoms with van der Waals surface area (Å²) in [7, 11) is 0. The lowest BCUT2D eigenvalue weighted by Crippen LogP contribution is -2.57. The van der Waals surface area contributed by atoms with E-state index in [1.54, 1.807) is 0 Å². The van der Waals surface area contributed by atoms with Crippen molar-refractivity contribution in [3.05, 3.63) is 57.8 Å². The fraction of sp³-hybridized carbons (Fsp3) is 0.375. The molecule has 0 bridgehead atoms. The van der Waals surface area contributed by atoms with Crippen LogP contribution < -0.4 is 5.32 Å². The van der Waals surface area contributed by atoms with Crippen LogP contribution in [0.2, 0.25) is 0 Å². The van der Waals surface area contributed by atoms with Crippen molar-refractivity contribution < 1.29 is 0 Å². The lowest BCUT2D eigenvalue weighted by molar-refractivity contribution is 0.258. The molecule has 1 aliphatic rings. The van der Waals surface area contributed by atoms with Gasteiger partial charge in [-0.15, -0.1) is 11.3 Å². The van der Waals surface area contributed by atoms with Gasteiger partial charge in [0, 0.05) is 23.4 Å². The predicted molar refractivity (Wildman–Crippen MR) is 78.4 cm³/mol. The van der Waals surface area contributed by atoms with Crippen LogP contribution in [0.4, 0.5) is 0 Å². The van der Waals surface area contributed by atoms with Gasteiger partial charge in [0.1, 0.15) is 0 Å². The van der Waals surface area contributed by atoms with Gasteiger partial charge >= 0.3 is 0 Å². The fourth-order valence-corrected chi connectivity index (χ4v) is 3.45. The molecule has 2 heteroatoms. The molecule has 0 spiro atoms. The Balaban J connectivity index is 1.78. The number of benzene rings is 1. The summed E-state index contributed by atoms with van der Waals surface area (Å²) in [4.78, 5) is 1.51. The molecule has 1 N–H and O–H groups in total. The molecule has 0 amide bonds. The minimum absolute atomic E-state index is 0.371. The van der Waals surface area contributed by atoms with Crippen molar-refractivity contribution in [3.63, 3.8) is 0 Å². The minimum atomic E-state index is 0.371. The maximum atomic E-state index is 3.45. The van der Waals surface area contributed by atoms with Crippen molar-refractivity contribution in [3.8, 4) is 0 Å². The fourth-order valence-electron chi connectivity index (χ4n) is 2.74. The molecule has 0 aliphatic carbocycles. The van der Waals surface area contributed by atoms with E-state index in [0.29, 0.717) is 5.41 Å². The van der Waals surface area contributed by atoms with E-state index in [9.17, 15) is 0 Å². The Kier molecular flexibility index (Phi) is 3.23. The highest BCUT2D eigenvalue weighted by molar-refractivity contribution is 7.09. The van der Waals surface area contributed by atoms with Gasteiger partial charge in [0.25, 0.3) is 0 Å². The quantitative estimate of drug-likeness (QED) is 0.883. The van der Waals surface area contributed by atoms with E-state index in [1.807, 2.05) is 11.3 Å². The minimum Gasteiger partial charge on any atom is -0.315 e. The first-order valence-corrected chi connectivity index (χ1v) is 7.47. The van der Waals surface area contributed by atoms with Crippen LogP contribution in [0.1, 0.15) is 22.4 Å². The van der Waals surface area contributed by atoms with Crippen molar-refractivity contribution in [2.75, 3.05) is 13.1 Å². The molecule has 3 rings (SSSR count). The van der Waals surface area contributed by atoms with E-state index in [1.165, 1.54) is 28.8 Å². The molecule has 2 aromatic rings. The number of rotatable bonds is 4. The number of hydrogen-bond donors (Lipinski definition) is 1. The second-order valence-corrected chi connectivity index (χ2v) is 6.36. The van der Waals surface area contributed by atoms with E-state index in [-0.39, 0.29) is 0 Å². The standard InChI is InChI=1S/C16H19NS/c1-13-4-2-5-14(10-13)16(11-17-12-16)8-7-15-6-3-9-18-15/h2-6,9-10,17H,7-8,11-12H2,1H3. The Morgan fingerprint density at radius 1 is 1.22 bits per heavy atom. The van der Waals surface area contributed by atoms with Gasteiger partial charge < -0.3 is 5.32 Å². The highest BCUT2D eigenvalue weighted by Gasteiger charge is 2.38. The van der Waals surface area contributed by atoms with Crippen molar-refractivity contribution in [1.82, 2.24) is 5.32 Å². The van der Waals surface area contributed by atoms with Gasteiger partial charge in [-0.25, -0.2) is 0 Å². The molecular weight excluding hydrogens is 238 g/mol. The normalized spacial score (nSPS) is 17.4. The van der Waals surface area contributed by atoms with Gasteiger partial charge in [-0.3, -0.25) is 0 Å². The average molecular weight is 257 g/mol.